The number of hydrogen-bond acceptors (Lipinski definition) is 6. The van der Waals surface area contributed by atoms with Crippen LogP contribution in [0.2, 0.25) is 0 Å². The normalized spacial score (nSPS) is 22.1. The van der Waals surface area contributed by atoms with Gasteiger partial charge in [-0.1, -0.05) is 43.5 Å². The van der Waals surface area contributed by atoms with Gasteiger partial charge in [0.25, 0.3) is 0 Å². The number of aliphatic carboxylic acids is 1. The first-order valence-corrected chi connectivity index (χ1v) is 18.3. The molecule has 268 valence electrons. The number of rotatable bonds is 11. The zero-order valence-electron chi connectivity index (χ0n) is 30.4. The Morgan fingerprint density at radius 2 is 1.71 bits per heavy atom. The predicted molar refractivity (Wildman–Crippen MR) is 192 cm³/mol. The lowest BCUT2D eigenvalue weighted by molar-refractivity contribution is -0.313. The summed E-state index contributed by atoms with van der Waals surface area (Å²) in [6.45, 7) is 13.4. The van der Waals surface area contributed by atoms with Crippen LogP contribution in [0.15, 0.2) is 54.6 Å². The van der Waals surface area contributed by atoms with Crippen molar-refractivity contribution in [3.05, 3.63) is 82.9 Å². The van der Waals surface area contributed by atoms with Crippen molar-refractivity contribution in [3.63, 3.8) is 0 Å². The Morgan fingerprint density at radius 1 is 1.00 bits per heavy atom. The van der Waals surface area contributed by atoms with Gasteiger partial charge in [0.2, 0.25) is 0 Å². The fraction of sp³-hybridized carbons (Fsp3) is 0.600. The van der Waals surface area contributed by atoms with Gasteiger partial charge in [-0.25, -0.2) is 4.39 Å². The monoisotopic (exact) mass is 675 g/mol. The molecular weight excluding hydrogens is 617 g/mol. The summed E-state index contributed by atoms with van der Waals surface area (Å²) in [5, 5.41) is 17.5. The number of aromatic nitrogens is 2. The molecule has 1 aliphatic carbocycles. The second-order valence-corrected chi connectivity index (χ2v) is 15.5. The molecule has 2 aromatic carbocycles. The molecule has 3 fully saturated rings. The third kappa shape index (κ3) is 9.30. The topological polar surface area (TPSA) is 110 Å². The second-order valence-electron chi connectivity index (χ2n) is 15.5. The van der Waals surface area contributed by atoms with Gasteiger partial charge in [0.05, 0.1) is 17.7 Å². The molecule has 1 aromatic heterocycles. The second kappa shape index (κ2) is 16.2. The van der Waals surface area contributed by atoms with E-state index >= 15 is 0 Å². The minimum Gasteiger partial charge on any atom is -0.548 e. The molecule has 0 unspecified atom stereocenters. The summed E-state index contributed by atoms with van der Waals surface area (Å²) >= 11 is 0. The van der Waals surface area contributed by atoms with Crippen molar-refractivity contribution in [2.75, 3.05) is 32.7 Å². The first-order chi connectivity index (χ1) is 23.1. The molecule has 4 N–H and O–H groups in total. The van der Waals surface area contributed by atoms with Crippen molar-refractivity contribution in [1.29, 1.82) is 0 Å². The summed E-state index contributed by atoms with van der Waals surface area (Å²) in [6, 6.07) is 17.1. The minimum absolute atomic E-state index is 0. The summed E-state index contributed by atoms with van der Waals surface area (Å²) in [4.78, 5) is 17.3. The van der Waals surface area contributed by atoms with Gasteiger partial charge >= 0.3 is 0 Å². The fourth-order valence-electron chi connectivity index (χ4n) is 8.66. The van der Waals surface area contributed by atoms with Gasteiger partial charge in [0, 0.05) is 50.1 Å². The molecule has 0 amide bonds. The van der Waals surface area contributed by atoms with Crippen LogP contribution in [0.25, 0.3) is 0 Å². The van der Waals surface area contributed by atoms with E-state index in [0.717, 1.165) is 88.1 Å². The van der Waals surface area contributed by atoms with Crippen LogP contribution in [0.4, 0.5) is 4.39 Å². The molecule has 3 aliphatic rings. The number of aryl methyl sites for hydroxylation is 1. The quantitative estimate of drug-likeness (QED) is 0.240. The number of nitrogens with zero attached hydrogens (tertiary/aromatic N) is 4. The molecule has 0 radical (unpaired) electrons. The first kappa shape index (κ1) is 37.0. The Balaban J connectivity index is 0.00000468. The van der Waals surface area contributed by atoms with E-state index < -0.39 is 12.0 Å². The molecule has 2 aliphatic heterocycles. The largest absolute Gasteiger partial charge is 0.548 e. The Bertz CT molecular complexity index is 1500. The third-order valence-corrected chi connectivity index (χ3v) is 10.9. The summed E-state index contributed by atoms with van der Waals surface area (Å²) < 4.78 is 22.6. The van der Waals surface area contributed by atoms with Crippen molar-refractivity contribution >= 4 is 5.97 Å². The van der Waals surface area contributed by atoms with Crippen LogP contribution < -0.4 is 16.0 Å². The maximum atomic E-state index is 14.4. The van der Waals surface area contributed by atoms with Crippen LogP contribution in [0.3, 0.4) is 0 Å². The number of likely N-dealkylation sites (tertiary alicyclic amines) is 2. The highest BCUT2D eigenvalue weighted by molar-refractivity contribution is 5.71. The number of benzene rings is 2. The number of carboxylic acids is 1. The highest BCUT2D eigenvalue weighted by atomic mass is 19.1. The average molecular weight is 676 g/mol. The number of carbonyl (C=O) groups is 1. The van der Waals surface area contributed by atoms with Crippen molar-refractivity contribution < 1.29 is 19.0 Å². The van der Waals surface area contributed by atoms with Crippen molar-refractivity contribution in [3.8, 4) is 5.75 Å². The first-order valence-electron chi connectivity index (χ1n) is 18.3. The van der Waals surface area contributed by atoms with Gasteiger partial charge in [0.1, 0.15) is 17.2 Å². The average Bonchev–Trinajstić information content (AvgIpc) is 3.66. The molecular formula is C40H58FN5O3. The van der Waals surface area contributed by atoms with Crippen LogP contribution in [-0.2, 0) is 17.8 Å². The minimum atomic E-state index is -0.945. The lowest BCUT2D eigenvalue weighted by Crippen LogP contribution is -2.52. The number of halogens is 1. The molecule has 3 aromatic rings. The number of ether oxygens (including phenoxy) is 1. The summed E-state index contributed by atoms with van der Waals surface area (Å²) in [5.41, 5.74) is 4.41. The number of carbonyl (C=O) groups excluding carboxylic acids is 1. The van der Waals surface area contributed by atoms with Crippen LogP contribution >= 0.6 is 0 Å². The van der Waals surface area contributed by atoms with Crippen LogP contribution in [0.1, 0.15) is 107 Å². The Morgan fingerprint density at radius 3 is 2.35 bits per heavy atom. The smallest absolute Gasteiger partial charge is 0.123 e. The molecule has 9 heteroatoms. The number of quaternary nitrogens is 1. The van der Waals surface area contributed by atoms with Gasteiger partial charge in [-0.15, -0.1) is 0 Å². The molecule has 3 heterocycles. The van der Waals surface area contributed by atoms with Crippen LogP contribution in [-0.4, -0.2) is 69.9 Å². The van der Waals surface area contributed by atoms with Crippen molar-refractivity contribution in [1.82, 2.24) is 25.7 Å². The highest BCUT2D eigenvalue weighted by Gasteiger charge is 2.41. The van der Waals surface area contributed by atoms with Gasteiger partial charge in [-0.05, 0) is 120 Å². The van der Waals surface area contributed by atoms with E-state index in [2.05, 4.69) is 60.4 Å². The van der Waals surface area contributed by atoms with Crippen LogP contribution in [0, 0.1) is 17.7 Å². The lowest BCUT2D eigenvalue weighted by Gasteiger charge is -2.38. The Hall–Kier alpha value is -3.27. The summed E-state index contributed by atoms with van der Waals surface area (Å²) in [6.07, 6.45) is 8.19. The molecule has 1 saturated carbocycles. The third-order valence-electron chi connectivity index (χ3n) is 10.9. The Labute approximate surface area is 292 Å². The summed E-state index contributed by atoms with van der Waals surface area (Å²) in [5.74, 6) is 0.643. The van der Waals surface area contributed by atoms with Gasteiger partial charge in [0.15, 0.2) is 0 Å². The fourth-order valence-corrected chi connectivity index (χ4v) is 8.66. The van der Waals surface area contributed by atoms with Crippen molar-refractivity contribution in [2.24, 2.45) is 11.8 Å². The molecule has 0 bridgehead atoms. The number of carboxylic acid groups (broad SMARTS) is 1. The molecule has 2 saturated heterocycles. The van der Waals surface area contributed by atoms with Crippen molar-refractivity contribution in [2.45, 2.75) is 109 Å². The van der Waals surface area contributed by atoms with E-state index in [1.54, 1.807) is 12.1 Å². The zero-order chi connectivity index (χ0) is 33.8. The summed E-state index contributed by atoms with van der Waals surface area (Å²) in [7, 11) is 0. The zero-order valence-corrected chi connectivity index (χ0v) is 30.4. The SMILES string of the molecule is CCn1nc(Cc2ccc(OC(C)(C)C)cc2)cc1C1CCN(C[C@H]2CN([C@@H](C(=O)[O-])C3CCCCC3)C[C@@H]2c2cccc(F)c2)CC1.[NH4+]. The van der Waals surface area contributed by atoms with E-state index in [1.165, 1.54) is 23.7 Å². The molecule has 6 rings (SSSR count). The van der Waals surface area contributed by atoms with E-state index in [0.29, 0.717) is 19.0 Å². The predicted octanol–water partition coefficient (Wildman–Crippen LogP) is 6.78. The standard InChI is InChI=1S/C40H55FN4O3.H3N/c1-5-45-37(24-34(42-45)22-28-14-16-35(17-15-28)48-40(2,3)4)29-18-20-43(21-19-29)25-32-26-44(27-36(32)31-12-9-13-33(41)23-31)38(39(46)47)30-10-7-6-8-11-30;/h9,12-17,23-24,29-30,32,36,38H,5-8,10-11,18-22,25-27H2,1-4H3,(H,46,47);1H3/t32-,36+,38+;/m0./s1. The lowest BCUT2D eigenvalue weighted by atomic mass is 9.83. The Kier molecular flexibility index (Phi) is 12.2. The molecule has 8 nitrogen and oxygen atoms in total. The maximum Gasteiger partial charge on any atom is 0.123 e. The highest BCUT2D eigenvalue weighted by Crippen LogP contribution is 2.39. The molecule has 0 spiro atoms. The van der Waals surface area contributed by atoms with Crippen LogP contribution in [0.5, 0.6) is 5.75 Å². The van der Waals surface area contributed by atoms with E-state index in [4.69, 9.17) is 9.84 Å². The molecule has 3 atom stereocenters. The van der Waals surface area contributed by atoms with E-state index in [-0.39, 0.29) is 35.3 Å². The van der Waals surface area contributed by atoms with E-state index in [1.807, 2.05) is 18.2 Å². The number of hydrogen-bond donors (Lipinski definition) is 1. The van der Waals surface area contributed by atoms with Gasteiger partial charge in [-0.2, -0.15) is 5.10 Å². The molecule has 49 heavy (non-hydrogen) atoms. The van der Waals surface area contributed by atoms with Gasteiger partial charge in [-0.3, -0.25) is 9.58 Å². The van der Waals surface area contributed by atoms with Gasteiger partial charge < -0.3 is 25.7 Å². The van der Waals surface area contributed by atoms with E-state index in [9.17, 15) is 14.3 Å². The maximum absolute atomic E-state index is 14.4. The number of piperidine rings is 1.